The zero-order valence-corrected chi connectivity index (χ0v) is 27.2. The van der Waals surface area contributed by atoms with Crippen LogP contribution in [-0.2, 0) is 26.2 Å². The zero-order valence-electron chi connectivity index (χ0n) is 21.5. The second kappa shape index (κ2) is 30.3. The summed E-state index contributed by atoms with van der Waals surface area (Å²) in [5.41, 5.74) is 2.44. The summed E-state index contributed by atoms with van der Waals surface area (Å²) in [6.45, 7) is 13.7. The van der Waals surface area contributed by atoms with Gasteiger partial charge in [0, 0.05) is 0 Å². The van der Waals surface area contributed by atoms with Crippen LogP contribution in [0.25, 0.3) is 12.2 Å². The molecule has 0 heterocycles. The summed E-state index contributed by atoms with van der Waals surface area (Å²) in [5.74, 6) is 0. The van der Waals surface area contributed by atoms with Crippen LogP contribution in [0.1, 0.15) is 52.7 Å². The molecule has 0 amide bonds. The van der Waals surface area contributed by atoms with Crippen LogP contribution < -0.4 is 24.8 Å². The summed E-state index contributed by atoms with van der Waals surface area (Å²) >= 11 is 0. The van der Waals surface area contributed by atoms with E-state index in [1.54, 1.807) is 0 Å². The summed E-state index contributed by atoms with van der Waals surface area (Å²) < 4.78 is 0. The van der Waals surface area contributed by atoms with Gasteiger partial charge in [-0.3, -0.25) is 0 Å². The molecule has 0 bridgehead atoms. The van der Waals surface area contributed by atoms with Crippen LogP contribution >= 0.6 is 15.8 Å². The number of benzene rings is 2. The molecule has 33 heavy (non-hydrogen) atoms. The molecule has 0 saturated heterocycles. The van der Waals surface area contributed by atoms with Crippen molar-refractivity contribution in [2.24, 2.45) is 0 Å². The molecule has 0 spiro atoms. The van der Waals surface area contributed by atoms with Crippen molar-refractivity contribution in [1.82, 2.24) is 0 Å². The number of hydrogen-bond acceptors (Lipinski definition) is 0. The van der Waals surface area contributed by atoms with Gasteiger partial charge in [-0.2, -0.15) is 0 Å². The maximum atomic E-state index is 2.29. The SMILES string of the molecule is C(/C=C/c1ccccc1)=C\c1ccccc1.CCP(CC)CC.CCP(CC)CC.[Cl-].[Cl-].[Zr+2]. The van der Waals surface area contributed by atoms with E-state index in [0.717, 1.165) is 0 Å². The first-order valence-electron chi connectivity index (χ1n) is 11.5. The van der Waals surface area contributed by atoms with Gasteiger partial charge in [-0.1, -0.05) is 127 Å². The fourth-order valence-electron chi connectivity index (χ4n) is 2.80. The Morgan fingerprint density at radius 2 is 0.727 bits per heavy atom. The van der Waals surface area contributed by atoms with Crippen molar-refractivity contribution in [3.63, 3.8) is 0 Å². The van der Waals surface area contributed by atoms with Gasteiger partial charge in [0.05, 0.1) is 0 Å². The molecule has 0 atom stereocenters. The summed E-state index contributed by atoms with van der Waals surface area (Å²) in [6.07, 6.45) is 16.8. The van der Waals surface area contributed by atoms with Crippen LogP contribution in [0.15, 0.2) is 72.8 Å². The standard InChI is InChI=1S/C16H14.2C6H15P.2ClH.Zr/c1-3-9-15(10-4-1)13-7-8-14-16-11-5-2-6-12-16;2*1-4-7(5-2)6-3;;;/h1-14H;2*4-6H2,1-3H3;2*1H;/q;;;;;+2/p-2/b13-7+,14-8+;;;;;. The van der Waals surface area contributed by atoms with Crippen LogP contribution in [0, 0.1) is 0 Å². The van der Waals surface area contributed by atoms with E-state index in [9.17, 15) is 0 Å². The van der Waals surface area contributed by atoms with Gasteiger partial charge in [0.1, 0.15) is 0 Å². The molecule has 2 aromatic carbocycles. The van der Waals surface area contributed by atoms with Crippen molar-refractivity contribution in [1.29, 1.82) is 0 Å². The smallest absolute Gasteiger partial charge is 1.00 e. The summed E-state index contributed by atoms with van der Waals surface area (Å²) in [4.78, 5) is 0. The molecule has 0 aliphatic heterocycles. The average Bonchev–Trinajstić information content (AvgIpc) is 2.81. The Kier molecular flexibility index (Phi) is 37.1. The van der Waals surface area contributed by atoms with Gasteiger partial charge >= 0.3 is 26.2 Å². The summed E-state index contributed by atoms with van der Waals surface area (Å²) in [6, 6.07) is 20.6. The summed E-state index contributed by atoms with van der Waals surface area (Å²) in [7, 11) is 0.892. The Morgan fingerprint density at radius 3 is 0.909 bits per heavy atom. The molecule has 0 fully saturated rings. The van der Waals surface area contributed by atoms with Gasteiger partial charge < -0.3 is 24.8 Å². The topological polar surface area (TPSA) is 0 Å². The molecule has 5 heteroatoms. The molecule has 184 valence electrons. The van der Waals surface area contributed by atoms with Gasteiger partial charge in [0.2, 0.25) is 0 Å². The molecule has 0 unspecified atom stereocenters. The van der Waals surface area contributed by atoms with Crippen molar-refractivity contribution in [3.8, 4) is 0 Å². The number of halogens is 2. The fourth-order valence-corrected chi connectivity index (χ4v) is 5.49. The van der Waals surface area contributed by atoms with E-state index >= 15 is 0 Å². The zero-order chi connectivity index (χ0) is 22.5. The Bertz CT molecular complexity index is 586. The second-order valence-electron chi connectivity index (χ2n) is 6.78. The minimum Gasteiger partial charge on any atom is -1.00 e. The largest absolute Gasteiger partial charge is 2.00 e. The fraction of sp³-hybridized carbons (Fsp3) is 0.429. The molecule has 0 aromatic heterocycles. The second-order valence-corrected chi connectivity index (χ2v) is 13.3. The average molecular weight is 605 g/mol. The van der Waals surface area contributed by atoms with Crippen LogP contribution in [0.5, 0.6) is 0 Å². The van der Waals surface area contributed by atoms with Crippen LogP contribution in [-0.4, -0.2) is 37.0 Å². The minimum absolute atomic E-state index is 0. The van der Waals surface area contributed by atoms with Crippen LogP contribution in [0.4, 0.5) is 0 Å². The van der Waals surface area contributed by atoms with Crippen molar-refractivity contribution < 1.29 is 51.0 Å². The Labute approximate surface area is 240 Å². The molecule has 0 saturated carbocycles. The Balaban J connectivity index is -0.000000212. The molecule has 0 N–H and O–H groups in total. The quantitative estimate of drug-likeness (QED) is 0.304. The molecule has 2 aromatic rings. The number of allylic oxidation sites excluding steroid dienone is 2. The van der Waals surface area contributed by atoms with Crippen molar-refractivity contribution in [2.75, 3.05) is 37.0 Å². The van der Waals surface area contributed by atoms with Gasteiger partial charge in [0.15, 0.2) is 0 Å². The van der Waals surface area contributed by atoms with E-state index < -0.39 is 0 Å². The maximum absolute atomic E-state index is 2.29. The molecule has 0 aliphatic carbocycles. The first-order chi connectivity index (χ1) is 14.6. The molecule has 0 nitrogen and oxygen atoms in total. The first-order valence-corrected chi connectivity index (χ1v) is 15.3. The van der Waals surface area contributed by atoms with Crippen molar-refractivity contribution in [2.45, 2.75) is 41.5 Å². The van der Waals surface area contributed by atoms with Crippen molar-refractivity contribution >= 4 is 28.0 Å². The Morgan fingerprint density at radius 1 is 0.485 bits per heavy atom. The van der Waals surface area contributed by atoms with Gasteiger partial charge in [-0.25, -0.2) is 0 Å². The van der Waals surface area contributed by atoms with Crippen LogP contribution in [0.2, 0.25) is 0 Å². The van der Waals surface area contributed by atoms with E-state index in [1.165, 1.54) is 48.1 Å². The van der Waals surface area contributed by atoms with Gasteiger partial charge in [-0.15, -0.1) is 15.8 Å². The summed E-state index contributed by atoms with van der Waals surface area (Å²) in [5, 5.41) is 0. The molecule has 0 radical (unpaired) electrons. The molecule has 0 aliphatic rings. The van der Waals surface area contributed by atoms with E-state index in [-0.39, 0.29) is 51.0 Å². The third-order valence-electron chi connectivity index (χ3n) is 4.97. The van der Waals surface area contributed by atoms with Crippen molar-refractivity contribution in [3.05, 3.63) is 83.9 Å². The maximum Gasteiger partial charge on any atom is 2.00 e. The monoisotopic (exact) mass is 602 g/mol. The first kappa shape index (κ1) is 40.4. The van der Waals surface area contributed by atoms with Gasteiger partial charge in [0.25, 0.3) is 0 Å². The molecular weight excluding hydrogens is 560 g/mol. The Hall–Kier alpha value is 0.243. The molecular formula is C28H44Cl2P2Zr. The van der Waals surface area contributed by atoms with E-state index in [2.05, 4.69) is 90.1 Å². The minimum atomic E-state index is 0. The van der Waals surface area contributed by atoms with E-state index in [0.29, 0.717) is 15.8 Å². The normalized spacial score (nSPS) is 9.82. The van der Waals surface area contributed by atoms with E-state index in [1.807, 2.05) is 36.4 Å². The number of hydrogen-bond donors (Lipinski definition) is 0. The predicted octanol–water partition coefficient (Wildman–Crippen LogP) is 3.47. The predicted molar refractivity (Wildman–Crippen MR) is 148 cm³/mol. The van der Waals surface area contributed by atoms with Crippen LogP contribution in [0.3, 0.4) is 0 Å². The molecule has 2 rings (SSSR count). The number of rotatable bonds is 9. The third-order valence-corrected chi connectivity index (χ3v) is 10.3. The van der Waals surface area contributed by atoms with E-state index in [4.69, 9.17) is 0 Å². The third kappa shape index (κ3) is 23.7. The van der Waals surface area contributed by atoms with Gasteiger partial charge in [-0.05, 0) is 48.1 Å².